The largest absolute Gasteiger partial charge is 0.468 e. The van der Waals surface area contributed by atoms with Crippen molar-refractivity contribution in [2.24, 2.45) is 17.6 Å². The number of aryl methyl sites for hydroxylation is 1. The van der Waals surface area contributed by atoms with Gasteiger partial charge in [0, 0.05) is 209 Å². The van der Waals surface area contributed by atoms with Crippen molar-refractivity contribution in [1.29, 1.82) is 0 Å². The van der Waals surface area contributed by atoms with Gasteiger partial charge in [0.15, 0.2) is 29.1 Å². The van der Waals surface area contributed by atoms with Gasteiger partial charge in [-0.1, -0.05) is 61.0 Å². The Morgan fingerprint density at radius 1 is 0.596 bits per heavy atom. The number of allylic oxidation sites excluding steroid dienone is 1. The molecule has 0 radical (unpaired) electrons. The fourth-order valence-electron chi connectivity index (χ4n) is 8.86. The van der Waals surface area contributed by atoms with E-state index >= 15 is 0 Å². The number of nitrogens with zero attached hydrogens (tertiary/aromatic N) is 6. The summed E-state index contributed by atoms with van der Waals surface area (Å²) in [7, 11) is 7.63. The minimum absolute atomic E-state index is 0. The van der Waals surface area contributed by atoms with Gasteiger partial charge in [0.05, 0.1) is 18.4 Å². The predicted octanol–water partition coefficient (Wildman–Crippen LogP) is 22.9. The topological polar surface area (TPSA) is 345 Å². The van der Waals surface area contributed by atoms with Crippen LogP contribution in [0.2, 0.25) is 0 Å². The van der Waals surface area contributed by atoms with Crippen LogP contribution >= 0.6 is 69.2 Å². The number of imide groups is 2. The first-order valence-electron chi connectivity index (χ1n) is 36.0. The minimum Gasteiger partial charge on any atom is -0.468 e. The van der Waals surface area contributed by atoms with Crippen molar-refractivity contribution in [2.45, 2.75) is 229 Å². The molecule has 0 spiro atoms. The molecular formula is C75H136ClF29IN9O17P4. The summed E-state index contributed by atoms with van der Waals surface area (Å²) >= 11 is 5.47. The normalized spacial score (nSPS) is 12.1. The number of Topliss-reactive ketones (excluding diaryl/α,β-unsaturated/α-hetero) is 1. The summed E-state index contributed by atoms with van der Waals surface area (Å²) in [5, 5.41) is 2.07. The second-order valence-electron chi connectivity index (χ2n) is 23.2. The average Bonchev–Trinajstić information content (AvgIpc) is 0.793. The number of carbonyl (C=O) groups excluding carboxylic acids is 10. The molecule has 0 bridgehead atoms. The molecule has 3 aliphatic heterocycles. The fraction of sp³-hybridized carbons (Fsp3) is 0.627. The SMILES string of the molecule is C.C.C#CC#CC.C=C(C)C.CC1C(=O)OC(C)(C)OC1=O.CCC(=O)C(C)C(=O)OC.CCC(=O)Cl.CCC1=C(C)C(=O)N(CC)C(=O)C1PC.CCC1=C(C)C(=O)N(CC)C(=O)C1PC.CCNC(N)=O.CCc1[nH]c(=O)n(CC)c(=O)c1C.CCn1c(=O)c(C)c(CN(C)C)n(PC)c1=O.CPC.F.F.F.F.FF.FF.FF.FF.FF.FF.FF.FF.FF.FF.FF.FF.FI. The van der Waals surface area contributed by atoms with E-state index in [4.69, 9.17) is 137 Å². The molecule has 0 aliphatic carbocycles. The van der Waals surface area contributed by atoms with E-state index in [0.717, 1.165) is 55.1 Å². The zero-order chi connectivity index (χ0) is 109. The highest BCUT2D eigenvalue weighted by Crippen LogP contribution is 2.35. The van der Waals surface area contributed by atoms with Crippen LogP contribution < -0.4 is 33.5 Å². The lowest BCUT2D eigenvalue weighted by Crippen LogP contribution is -2.47. The van der Waals surface area contributed by atoms with E-state index < -0.39 is 41.6 Å². The van der Waals surface area contributed by atoms with Crippen LogP contribution in [-0.4, -0.2) is 183 Å². The molecular weight excluding hydrogens is 2140 g/mol. The van der Waals surface area contributed by atoms with Gasteiger partial charge in [-0.25, -0.2) is 14.4 Å². The number of ketones is 1. The van der Waals surface area contributed by atoms with Crippen molar-refractivity contribution < 1.29 is 194 Å². The van der Waals surface area contributed by atoms with Gasteiger partial charge in [-0.05, 0) is 207 Å². The Kier molecular flexibility index (Phi) is 200. The van der Waals surface area contributed by atoms with E-state index in [1.165, 1.54) is 52.4 Å². The van der Waals surface area contributed by atoms with Crippen LogP contribution in [-0.2, 0) is 83.4 Å². The molecule has 1 saturated heterocycles. The number of rotatable bonds is 17. The number of hydrogen-bond acceptors (Lipinski definition) is 18. The lowest BCUT2D eigenvalue weighted by Gasteiger charge is -2.32. The molecule has 1 fully saturated rings. The van der Waals surface area contributed by atoms with Gasteiger partial charge < -0.3 is 35.1 Å². The van der Waals surface area contributed by atoms with Crippen LogP contribution in [0.1, 0.15) is 195 Å². The average molecular weight is 2270 g/mol. The zero-order valence-corrected chi connectivity index (χ0v) is 85.8. The van der Waals surface area contributed by atoms with Gasteiger partial charge in [0.2, 0.25) is 17.1 Å². The van der Waals surface area contributed by atoms with Crippen molar-refractivity contribution in [3.05, 3.63) is 98.6 Å². The number of esters is 3. The number of likely N-dealkylation sites (N-methyl/N-ethyl adjacent to an activating group) is 2. The minimum atomic E-state index is -1.10. The third kappa shape index (κ3) is 93.3. The third-order valence-corrected chi connectivity index (χ3v) is 17.8. The molecule has 0 aromatic carbocycles. The fourth-order valence-corrected chi connectivity index (χ4v) is 12.0. The molecule has 820 valence electrons. The molecule has 4 N–H and O–H groups in total. The highest BCUT2D eigenvalue weighted by molar-refractivity contribution is 14.1. The number of terminal acetylenes is 1. The van der Waals surface area contributed by atoms with E-state index in [1.807, 2.05) is 115 Å². The van der Waals surface area contributed by atoms with Gasteiger partial charge in [-0.2, -0.15) is 2.86 Å². The van der Waals surface area contributed by atoms with Gasteiger partial charge in [0.1, 0.15) is 11.7 Å². The zero-order valence-electron chi connectivity index (χ0n) is 78.9. The number of aromatic nitrogens is 4. The second kappa shape index (κ2) is 140. The molecule has 0 saturated carbocycles. The summed E-state index contributed by atoms with van der Waals surface area (Å²) in [6.07, 6.45) is 7.81. The van der Waals surface area contributed by atoms with E-state index in [-0.39, 0.29) is 102 Å². The number of hydrogen-bond donors (Lipinski definition) is 3. The van der Waals surface area contributed by atoms with Crippen LogP contribution in [0.25, 0.3) is 0 Å². The van der Waals surface area contributed by atoms with Crippen LogP contribution in [0, 0.1) is 49.9 Å². The van der Waals surface area contributed by atoms with Crippen molar-refractivity contribution in [3.8, 4) is 24.2 Å². The van der Waals surface area contributed by atoms with Gasteiger partial charge >= 0.3 is 35.3 Å². The molecule has 3 aliphatic rings. The number of halogens is 31. The van der Waals surface area contributed by atoms with E-state index in [9.17, 15) is 70.0 Å². The maximum Gasteiger partial charge on any atom is 0.334 e. The number of nitrogens with two attached hydrogens (primary N) is 1. The Bertz CT molecular complexity index is 3580. The lowest BCUT2D eigenvalue weighted by atomic mass is 9.97. The number of ether oxygens (including phenoxy) is 3. The van der Waals surface area contributed by atoms with E-state index in [1.54, 1.807) is 52.8 Å². The molecule has 6 atom stereocenters. The number of primary amides is 1. The number of cyclic esters (lactones) is 2. The number of carbonyl (C=O) groups is 10. The number of amides is 6. The van der Waals surface area contributed by atoms with Crippen molar-refractivity contribution in [1.82, 2.24) is 38.5 Å². The van der Waals surface area contributed by atoms with Crippen molar-refractivity contribution in [2.75, 3.05) is 74.2 Å². The summed E-state index contributed by atoms with van der Waals surface area (Å²) in [4.78, 5) is 165. The van der Waals surface area contributed by atoms with Crippen LogP contribution in [0.4, 0.5) is 136 Å². The number of H-pyrrole nitrogens is 1. The summed E-state index contributed by atoms with van der Waals surface area (Å²) < 4.78 is 220. The molecule has 61 heteroatoms. The van der Waals surface area contributed by atoms with Gasteiger partial charge in [0.25, 0.3) is 28.7 Å². The summed E-state index contributed by atoms with van der Waals surface area (Å²) in [5.41, 5.74) is 11.4. The number of methoxy groups -OCH3 is 1. The van der Waals surface area contributed by atoms with E-state index in [2.05, 4.69) is 58.4 Å². The molecule has 2 aromatic rings. The lowest BCUT2D eigenvalue weighted by molar-refractivity contribution is -0.239. The standard InChI is InChI=1S/C11H20N3O2P.2C11H18NO2P.C9H14N2O2.C7H10O4.C7H12O3.C5H4.C4H8.C3H5ClO.C3H8N2O.C2H7P.2CH4.12F2.FI.4FH/c1-6-13-10(15)8(2)9(7-12(3)4)14(17-5)11(13)16;2*1-5-8-7(3)10(13)12(6-2)11(14)9(8)15-4;1-4-7-6(3)8(12)11(5-2)9(13)10-7;1-4-5(8)10-7(2,3)11-6(4)9;1-4-6(8)5(2)7(9)10-3;1-3-5-4-2;1-4(2)3;1-2-3(4)5;1-2-5-3(4)6;1-3-2;;;13*1-2;;;;/h17H,6-7H2,1-5H3;2*9,15H,5-6H2,1-4H3;4-5H2,1-3H3,(H,10,13);4H,1-3H3;5H,4H2,1-3H3;1H,2H3;1H2,2-3H3;2H2,1H3;2H2,1H3,(H3,4,5,6);3H,1-2H3;2*1H4;;;;;;;;;;;;;;4*1H. The Balaban J connectivity index is -0.0000000430. The quantitative estimate of drug-likeness (QED) is 0.0152. The summed E-state index contributed by atoms with van der Waals surface area (Å²) in [6.45, 7) is 54.2. The van der Waals surface area contributed by atoms with Crippen LogP contribution in [0.3, 0.4) is 0 Å². The molecule has 2 aromatic heterocycles. The van der Waals surface area contributed by atoms with E-state index in [0.29, 0.717) is 119 Å². The highest BCUT2D eigenvalue weighted by Gasteiger charge is 2.41. The smallest absolute Gasteiger partial charge is 0.334 e. The Labute approximate surface area is 800 Å². The Morgan fingerprint density at radius 2 is 0.897 bits per heavy atom. The predicted molar refractivity (Wildman–Crippen MR) is 495 cm³/mol. The van der Waals surface area contributed by atoms with Crippen LogP contribution in [0.5, 0.6) is 0 Å². The molecule has 26 nitrogen and oxygen atoms in total. The molecule has 5 rings (SSSR count). The van der Waals surface area contributed by atoms with Gasteiger partial charge in [-0.3, -0.25) is 94.8 Å². The maximum atomic E-state index is 12.1. The first-order chi connectivity index (χ1) is 61.4. The number of urea groups is 1. The van der Waals surface area contributed by atoms with Crippen LogP contribution in [0.15, 0.2) is 53.6 Å². The molecule has 6 amide bonds. The monoisotopic (exact) mass is 2270 g/mol. The van der Waals surface area contributed by atoms with Gasteiger partial charge in [-0.15, -0.1) is 38.7 Å². The first kappa shape index (κ1) is 194. The number of nitrogens with one attached hydrogen (secondary N) is 2. The molecule has 6 unspecified atom stereocenters. The third-order valence-electron chi connectivity index (χ3n) is 14.3. The van der Waals surface area contributed by atoms with Crippen molar-refractivity contribution >= 4 is 128 Å². The first-order valence-corrected chi connectivity index (χ1v) is 43.8. The summed E-state index contributed by atoms with van der Waals surface area (Å²) in [6, 6.07) is -0.461. The summed E-state index contributed by atoms with van der Waals surface area (Å²) in [5.74, 6) is 2.79. The highest BCUT2D eigenvalue weighted by atomic mass is 127. The van der Waals surface area contributed by atoms with Crippen molar-refractivity contribution in [3.63, 3.8) is 0 Å². The number of aromatic amines is 1. The molecule has 5 heterocycles. The maximum absolute atomic E-state index is 12.1. The second-order valence-corrected chi connectivity index (χ2v) is 27.8. The Morgan fingerprint density at radius 3 is 1.09 bits per heavy atom. The Hall–Kier alpha value is -8.33. The molecule has 136 heavy (non-hydrogen) atoms.